The van der Waals surface area contributed by atoms with Crippen LogP contribution >= 0.6 is 0 Å². The predicted molar refractivity (Wildman–Crippen MR) is 34.6 cm³/mol. The fraction of sp³-hybridized carbons (Fsp3) is 1.00. The van der Waals surface area contributed by atoms with Gasteiger partial charge in [-0.25, -0.2) is 8.78 Å². The Hall–Kier alpha value is -0.530. The van der Waals surface area contributed by atoms with Crippen molar-refractivity contribution in [1.82, 2.24) is 0 Å². The normalized spacial score (nSPS) is 15.4. The van der Waals surface area contributed by atoms with Crippen molar-refractivity contribution in [1.29, 1.82) is 0 Å². The molecule has 0 saturated heterocycles. The standard InChI is InChI=1S/C4H4F6O.C2H5F/c5-1-3(7,11-2-6)4(8,9)10;1-2-3/h1-2H2;2H2,1H3. The largest absolute Gasteiger partial charge is 0.451 e. The zero-order valence-corrected chi connectivity index (χ0v) is 7.18. The first-order valence-electron chi connectivity index (χ1n) is 3.36. The first-order chi connectivity index (χ1) is 6.29. The molecule has 0 bridgehead atoms. The molecule has 0 aliphatic heterocycles. The average molecular weight is 230 g/mol. The molecule has 0 spiro atoms. The summed E-state index contributed by atoms with van der Waals surface area (Å²) in [6.07, 6.45) is -5.55. The smallest absolute Gasteiger partial charge is 0.305 e. The van der Waals surface area contributed by atoms with Gasteiger partial charge in [0, 0.05) is 0 Å². The Bertz CT molecular complexity index is 137. The molecule has 14 heavy (non-hydrogen) atoms. The first kappa shape index (κ1) is 15.9. The van der Waals surface area contributed by atoms with Gasteiger partial charge in [-0.05, 0) is 6.92 Å². The van der Waals surface area contributed by atoms with E-state index in [4.69, 9.17) is 0 Å². The van der Waals surface area contributed by atoms with E-state index in [9.17, 15) is 30.7 Å². The summed E-state index contributed by atoms with van der Waals surface area (Å²) in [5.41, 5.74) is 0. The second kappa shape index (κ2) is 6.86. The maximum atomic E-state index is 12.1. The minimum atomic E-state index is -5.55. The molecule has 88 valence electrons. The summed E-state index contributed by atoms with van der Waals surface area (Å²) in [4.78, 5) is 0. The van der Waals surface area contributed by atoms with Crippen molar-refractivity contribution in [2.75, 3.05) is 20.2 Å². The van der Waals surface area contributed by atoms with E-state index in [-0.39, 0.29) is 6.67 Å². The van der Waals surface area contributed by atoms with Crippen LogP contribution in [0.1, 0.15) is 6.92 Å². The third-order valence-electron chi connectivity index (χ3n) is 0.879. The van der Waals surface area contributed by atoms with Gasteiger partial charge in [0.25, 0.3) is 0 Å². The molecule has 0 aromatic heterocycles. The Morgan fingerprint density at radius 1 is 1.00 bits per heavy atom. The maximum absolute atomic E-state index is 12.1. The lowest BCUT2D eigenvalue weighted by atomic mass is 10.3. The van der Waals surface area contributed by atoms with E-state index < -0.39 is 25.6 Å². The number of hydrogen-bond acceptors (Lipinski definition) is 1. The number of ether oxygens (including phenoxy) is 1. The summed E-state index contributed by atoms with van der Waals surface area (Å²) in [6.45, 7) is -3.28. The highest BCUT2D eigenvalue weighted by Gasteiger charge is 2.58. The summed E-state index contributed by atoms with van der Waals surface area (Å²) in [6, 6.07) is 0. The lowest BCUT2D eigenvalue weighted by molar-refractivity contribution is -0.344. The minimum Gasteiger partial charge on any atom is -0.305 e. The molecular weight excluding hydrogens is 221 g/mol. The Balaban J connectivity index is 0. The molecule has 0 aliphatic carbocycles. The van der Waals surface area contributed by atoms with E-state index >= 15 is 0 Å². The fourth-order valence-corrected chi connectivity index (χ4v) is 0.283. The van der Waals surface area contributed by atoms with Crippen molar-refractivity contribution in [3.05, 3.63) is 0 Å². The molecule has 0 radical (unpaired) electrons. The van der Waals surface area contributed by atoms with Gasteiger partial charge in [0.2, 0.25) is 0 Å². The zero-order valence-electron chi connectivity index (χ0n) is 7.18. The molecule has 0 aromatic rings. The molecule has 1 atom stereocenters. The van der Waals surface area contributed by atoms with E-state index in [0.29, 0.717) is 0 Å². The highest BCUT2D eigenvalue weighted by atomic mass is 19.4. The maximum Gasteiger partial charge on any atom is 0.451 e. The summed E-state index contributed by atoms with van der Waals surface area (Å²) < 4.78 is 81.8. The molecule has 0 aliphatic rings. The van der Waals surface area contributed by atoms with Crippen LogP contribution < -0.4 is 0 Å². The number of hydrogen-bond donors (Lipinski definition) is 0. The van der Waals surface area contributed by atoms with Crippen LogP contribution in [0, 0.1) is 0 Å². The summed E-state index contributed by atoms with van der Waals surface area (Å²) >= 11 is 0. The molecule has 0 rings (SSSR count). The predicted octanol–water partition coefficient (Wildman–Crippen LogP) is 3.10. The Morgan fingerprint density at radius 2 is 1.36 bits per heavy atom. The van der Waals surface area contributed by atoms with Crippen LogP contribution in [0.25, 0.3) is 0 Å². The van der Waals surface area contributed by atoms with Crippen LogP contribution in [-0.4, -0.2) is 32.2 Å². The summed E-state index contributed by atoms with van der Waals surface area (Å²) in [5.74, 6) is -4.51. The third-order valence-corrected chi connectivity index (χ3v) is 0.879. The van der Waals surface area contributed by atoms with Gasteiger partial charge in [0.15, 0.2) is 13.5 Å². The van der Waals surface area contributed by atoms with Gasteiger partial charge in [-0.2, -0.15) is 17.6 Å². The molecule has 0 amide bonds. The molecular formula is C6H9F7O. The van der Waals surface area contributed by atoms with Crippen LogP contribution in [-0.2, 0) is 4.74 Å². The first-order valence-corrected chi connectivity index (χ1v) is 3.36. The molecule has 0 heterocycles. The highest BCUT2D eigenvalue weighted by Crippen LogP contribution is 2.35. The topological polar surface area (TPSA) is 9.23 Å². The van der Waals surface area contributed by atoms with Crippen LogP contribution in [0.4, 0.5) is 30.7 Å². The van der Waals surface area contributed by atoms with Gasteiger partial charge in [0.05, 0.1) is 6.67 Å². The molecule has 0 fully saturated rings. The van der Waals surface area contributed by atoms with E-state index in [0.717, 1.165) is 0 Å². The van der Waals surface area contributed by atoms with Crippen LogP contribution in [0.2, 0.25) is 0 Å². The van der Waals surface area contributed by atoms with Crippen LogP contribution in [0.5, 0.6) is 0 Å². The van der Waals surface area contributed by atoms with Gasteiger partial charge in [-0.15, -0.1) is 0 Å². The lowest BCUT2D eigenvalue weighted by Crippen LogP contribution is -2.45. The third kappa shape index (κ3) is 5.25. The van der Waals surface area contributed by atoms with Gasteiger partial charge >= 0.3 is 12.0 Å². The van der Waals surface area contributed by atoms with E-state index in [1.807, 2.05) is 0 Å². The summed E-state index contributed by atoms with van der Waals surface area (Å²) in [5, 5.41) is 0. The fourth-order valence-electron chi connectivity index (χ4n) is 0.283. The van der Waals surface area contributed by atoms with E-state index in [2.05, 4.69) is 4.74 Å². The van der Waals surface area contributed by atoms with Gasteiger partial charge in [-0.1, -0.05) is 0 Å². The molecule has 1 nitrogen and oxygen atoms in total. The van der Waals surface area contributed by atoms with E-state index in [1.165, 1.54) is 6.92 Å². The quantitative estimate of drug-likeness (QED) is 0.677. The van der Waals surface area contributed by atoms with Crippen molar-refractivity contribution in [3.63, 3.8) is 0 Å². The number of halogens is 7. The van der Waals surface area contributed by atoms with Gasteiger partial charge < -0.3 is 4.74 Å². The number of alkyl halides is 7. The van der Waals surface area contributed by atoms with Crippen molar-refractivity contribution < 1.29 is 35.5 Å². The molecule has 8 heteroatoms. The Morgan fingerprint density at radius 3 is 1.43 bits per heavy atom. The van der Waals surface area contributed by atoms with Crippen molar-refractivity contribution in [2.24, 2.45) is 0 Å². The Labute approximate surface area is 75.8 Å². The zero-order chi connectivity index (χ0) is 11.8. The highest BCUT2D eigenvalue weighted by molar-refractivity contribution is 4.75. The Kier molecular flexibility index (Phi) is 7.80. The monoisotopic (exact) mass is 230 g/mol. The van der Waals surface area contributed by atoms with Crippen molar-refractivity contribution in [3.8, 4) is 0 Å². The minimum absolute atomic E-state index is 0.250. The lowest BCUT2D eigenvalue weighted by Gasteiger charge is -2.22. The van der Waals surface area contributed by atoms with E-state index in [1.54, 1.807) is 0 Å². The van der Waals surface area contributed by atoms with Crippen molar-refractivity contribution in [2.45, 2.75) is 19.0 Å². The van der Waals surface area contributed by atoms with Gasteiger partial charge in [-0.3, -0.25) is 4.39 Å². The van der Waals surface area contributed by atoms with Crippen LogP contribution in [0.15, 0.2) is 0 Å². The SMILES string of the molecule is CCF.FCOC(F)(CF)C(F)(F)F. The second-order valence-corrected chi connectivity index (χ2v) is 1.88. The van der Waals surface area contributed by atoms with Crippen LogP contribution in [0.3, 0.4) is 0 Å². The second-order valence-electron chi connectivity index (χ2n) is 1.88. The molecule has 0 N–H and O–H groups in total. The average Bonchev–Trinajstić information content (AvgIpc) is 2.04. The number of rotatable bonds is 3. The van der Waals surface area contributed by atoms with Crippen molar-refractivity contribution >= 4 is 0 Å². The van der Waals surface area contributed by atoms with Gasteiger partial charge in [0.1, 0.15) is 0 Å². The molecule has 0 saturated carbocycles. The molecule has 1 unspecified atom stereocenters. The summed E-state index contributed by atoms with van der Waals surface area (Å²) in [7, 11) is 0. The molecule has 0 aromatic carbocycles.